The van der Waals surface area contributed by atoms with Gasteiger partial charge in [0.25, 0.3) is 5.79 Å². The number of fused-ring (bicyclic) bond motifs is 1. The molecule has 0 aromatic heterocycles. The molecule has 4 rings (SSSR count). The summed E-state index contributed by atoms with van der Waals surface area (Å²) in [6.07, 6.45) is 9.40. The summed E-state index contributed by atoms with van der Waals surface area (Å²) in [5.74, 6) is 0.769. The normalized spacial score (nSPS) is 21.8. The van der Waals surface area contributed by atoms with Gasteiger partial charge in [0, 0.05) is 31.5 Å². The fraction of sp³-hybridized carbons (Fsp3) is 0.619. The number of amides is 2. The minimum absolute atomic E-state index is 0.164. The van der Waals surface area contributed by atoms with E-state index in [1.807, 2.05) is 18.2 Å². The van der Waals surface area contributed by atoms with Crippen LogP contribution in [0, 0.1) is 5.92 Å². The van der Waals surface area contributed by atoms with E-state index < -0.39 is 11.8 Å². The van der Waals surface area contributed by atoms with Gasteiger partial charge in [-0.2, -0.15) is 0 Å². The molecule has 1 unspecified atom stereocenters. The quantitative estimate of drug-likeness (QED) is 0.844. The monoisotopic (exact) mass is 372 g/mol. The van der Waals surface area contributed by atoms with Gasteiger partial charge in [0.1, 0.15) is 6.04 Å². The molecular weight excluding hydrogens is 344 g/mol. The first kappa shape index (κ1) is 18.1. The maximum absolute atomic E-state index is 12.8. The Morgan fingerprint density at radius 2 is 1.74 bits per heavy atom. The van der Waals surface area contributed by atoms with Gasteiger partial charge in [0.15, 0.2) is 11.5 Å². The molecule has 2 fully saturated rings. The van der Waals surface area contributed by atoms with Crippen LogP contribution in [0.25, 0.3) is 0 Å². The zero-order valence-corrected chi connectivity index (χ0v) is 15.9. The van der Waals surface area contributed by atoms with Gasteiger partial charge in [0.2, 0.25) is 11.8 Å². The van der Waals surface area contributed by atoms with Crippen molar-refractivity contribution in [3.63, 3.8) is 0 Å². The predicted octanol–water partition coefficient (Wildman–Crippen LogP) is 3.75. The van der Waals surface area contributed by atoms with E-state index in [0.717, 1.165) is 57.1 Å². The number of anilines is 1. The van der Waals surface area contributed by atoms with Crippen molar-refractivity contribution in [3.05, 3.63) is 18.2 Å². The number of benzene rings is 1. The Bertz CT molecular complexity index is 721. The van der Waals surface area contributed by atoms with Gasteiger partial charge in [-0.15, -0.1) is 0 Å². The number of hydrogen-bond donors (Lipinski definition) is 2. The third-order valence-corrected chi connectivity index (χ3v) is 5.93. The fourth-order valence-electron chi connectivity index (χ4n) is 4.59. The first-order valence-electron chi connectivity index (χ1n) is 10.1. The Morgan fingerprint density at radius 1 is 1.04 bits per heavy atom. The van der Waals surface area contributed by atoms with Crippen LogP contribution < -0.4 is 20.1 Å². The van der Waals surface area contributed by atoms with E-state index in [1.165, 1.54) is 13.3 Å². The Balaban J connectivity index is 1.46. The maximum Gasteiger partial charge on any atom is 0.251 e. The molecule has 6 heteroatoms. The smallest absolute Gasteiger partial charge is 0.251 e. The van der Waals surface area contributed by atoms with Crippen LogP contribution in [0.5, 0.6) is 11.5 Å². The van der Waals surface area contributed by atoms with E-state index in [0.29, 0.717) is 11.4 Å². The van der Waals surface area contributed by atoms with Crippen LogP contribution in [0.4, 0.5) is 5.69 Å². The van der Waals surface area contributed by atoms with Crippen LogP contribution in [0.1, 0.15) is 64.7 Å². The lowest BCUT2D eigenvalue weighted by Gasteiger charge is -2.31. The summed E-state index contributed by atoms with van der Waals surface area (Å²) in [6, 6.07) is 5.04. The minimum atomic E-state index is -0.522. The van der Waals surface area contributed by atoms with Gasteiger partial charge in [-0.05, 0) is 43.7 Å². The number of hydrogen-bond acceptors (Lipinski definition) is 4. The highest BCUT2D eigenvalue weighted by atomic mass is 16.7. The van der Waals surface area contributed by atoms with Gasteiger partial charge < -0.3 is 20.1 Å². The van der Waals surface area contributed by atoms with Crippen LogP contribution >= 0.6 is 0 Å². The van der Waals surface area contributed by atoms with E-state index in [9.17, 15) is 9.59 Å². The average molecular weight is 372 g/mol. The van der Waals surface area contributed by atoms with Gasteiger partial charge in [-0.1, -0.05) is 19.3 Å². The molecule has 6 nitrogen and oxygen atoms in total. The van der Waals surface area contributed by atoms with E-state index in [-0.39, 0.29) is 17.7 Å². The number of carbonyl (C=O) groups is 2. The van der Waals surface area contributed by atoms with Crippen molar-refractivity contribution in [1.82, 2.24) is 5.32 Å². The lowest BCUT2D eigenvalue weighted by Crippen LogP contribution is -2.47. The second-order valence-electron chi connectivity index (χ2n) is 8.05. The summed E-state index contributed by atoms with van der Waals surface area (Å²) in [5, 5.41) is 5.79. The summed E-state index contributed by atoms with van der Waals surface area (Å²) < 4.78 is 12.2. The summed E-state index contributed by atoms with van der Waals surface area (Å²) in [4.78, 5) is 24.4. The summed E-state index contributed by atoms with van der Waals surface area (Å²) in [5.41, 5.74) is 0.670. The number of carbonyl (C=O) groups excluding carboxylic acids is 2. The Morgan fingerprint density at radius 3 is 2.44 bits per heavy atom. The molecule has 0 saturated heterocycles. The first-order chi connectivity index (χ1) is 13.0. The largest absolute Gasteiger partial charge is 0.448 e. The standard InChI is InChI=1S/C21H28N2O4/c1-14(24)22-19(15-7-3-4-8-15)20(25)23-16-9-10-17-18(13-16)27-21(26-17)11-5-2-6-12-21/h9-10,13,15,19H,2-8,11-12H2,1H3,(H,22,24)(H,23,25). The van der Waals surface area contributed by atoms with Gasteiger partial charge in [0.05, 0.1) is 0 Å². The highest BCUT2D eigenvalue weighted by molar-refractivity contribution is 5.97. The van der Waals surface area contributed by atoms with Crippen molar-refractivity contribution in [2.45, 2.75) is 76.5 Å². The molecule has 27 heavy (non-hydrogen) atoms. The number of nitrogens with one attached hydrogen (secondary N) is 2. The molecule has 2 saturated carbocycles. The SMILES string of the molecule is CC(=O)NC(C(=O)Nc1ccc2c(c1)OC1(CCCCC1)O2)C1CCCC1. The van der Waals surface area contributed by atoms with Crippen LogP contribution in [0.2, 0.25) is 0 Å². The minimum Gasteiger partial charge on any atom is -0.448 e. The zero-order chi connectivity index (χ0) is 18.9. The molecule has 1 aliphatic heterocycles. The van der Waals surface area contributed by atoms with Gasteiger partial charge >= 0.3 is 0 Å². The molecule has 2 aliphatic carbocycles. The Kier molecular flexibility index (Phi) is 4.98. The molecule has 0 bridgehead atoms. The molecule has 0 radical (unpaired) electrons. The van der Waals surface area contributed by atoms with Crippen LogP contribution in [-0.4, -0.2) is 23.6 Å². The summed E-state index contributed by atoms with van der Waals surface area (Å²) in [7, 11) is 0. The predicted molar refractivity (Wildman–Crippen MR) is 102 cm³/mol. The van der Waals surface area contributed by atoms with Crippen molar-refractivity contribution >= 4 is 17.5 Å². The molecule has 1 aromatic rings. The zero-order valence-electron chi connectivity index (χ0n) is 15.9. The van der Waals surface area contributed by atoms with Crippen molar-refractivity contribution in [1.29, 1.82) is 0 Å². The van der Waals surface area contributed by atoms with Crippen LogP contribution in [0.15, 0.2) is 18.2 Å². The maximum atomic E-state index is 12.8. The van der Waals surface area contributed by atoms with E-state index >= 15 is 0 Å². The second kappa shape index (κ2) is 7.41. The molecule has 1 spiro atoms. The molecule has 146 valence electrons. The lowest BCUT2D eigenvalue weighted by molar-refractivity contribution is -0.126. The van der Waals surface area contributed by atoms with Gasteiger partial charge in [-0.25, -0.2) is 0 Å². The highest BCUT2D eigenvalue weighted by Crippen LogP contribution is 2.46. The first-order valence-corrected chi connectivity index (χ1v) is 10.1. The lowest BCUT2D eigenvalue weighted by atomic mass is 9.94. The van der Waals surface area contributed by atoms with Crippen molar-refractivity contribution < 1.29 is 19.1 Å². The molecule has 1 atom stereocenters. The summed E-state index contributed by atoms with van der Waals surface area (Å²) >= 11 is 0. The second-order valence-corrected chi connectivity index (χ2v) is 8.05. The highest BCUT2D eigenvalue weighted by Gasteiger charge is 2.42. The van der Waals surface area contributed by atoms with Crippen LogP contribution in [0.3, 0.4) is 0 Å². The van der Waals surface area contributed by atoms with E-state index in [4.69, 9.17) is 9.47 Å². The molecule has 1 heterocycles. The number of rotatable bonds is 4. The molecule has 1 aromatic carbocycles. The van der Waals surface area contributed by atoms with E-state index in [2.05, 4.69) is 10.6 Å². The van der Waals surface area contributed by atoms with Crippen molar-refractivity contribution in [3.8, 4) is 11.5 Å². The molecular formula is C21H28N2O4. The van der Waals surface area contributed by atoms with Crippen LogP contribution in [-0.2, 0) is 9.59 Å². The van der Waals surface area contributed by atoms with Crippen molar-refractivity contribution in [2.24, 2.45) is 5.92 Å². The van der Waals surface area contributed by atoms with Crippen molar-refractivity contribution in [2.75, 3.05) is 5.32 Å². The summed E-state index contributed by atoms with van der Waals surface area (Å²) in [6.45, 7) is 1.46. The van der Waals surface area contributed by atoms with Gasteiger partial charge in [-0.3, -0.25) is 9.59 Å². The Labute approximate surface area is 160 Å². The third-order valence-electron chi connectivity index (χ3n) is 5.93. The molecule has 3 aliphatic rings. The Hall–Kier alpha value is -2.24. The third kappa shape index (κ3) is 3.89. The molecule has 2 amide bonds. The molecule has 2 N–H and O–H groups in total. The van der Waals surface area contributed by atoms with E-state index in [1.54, 1.807) is 0 Å². The number of ether oxygens (including phenoxy) is 2. The average Bonchev–Trinajstić information content (AvgIpc) is 3.27. The topological polar surface area (TPSA) is 76.7 Å². The fourth-order valence-corrected chi connectivity index (χ4v) is 4.59.